The van der Waals surface area contributed by atoms with E-state index in [9.17, 15) is 14.0 Å². The van der Waals surface area contributed by atoms with Crippen LogP contribution in [0.25, 0.3) is 0 Å². The molecular weight excluding hydrogens is 411 g/mol. The number of alkyl halides is 1. The molecule has 2 amide bonds. The number of halogens is 1. The van der Waals surface area contributed by atoms with Gasteiger partial charge in [0.1, 0.15) is 12.8 Å². The van der Waals surface area contributed by atoms with Crippen molar-refractivity contribution in [1.29, 1.82) is 0 Å². The second-order valence-electron chi connectivity index (χ2n) is 7.48. The summed E-state index contributed by atoms with van der Waals surface area (Å²) in [6.07, 6.45) is 6.99. The minimum atomic E-state index is -0.984. The summed E-state index contributed by atoms with van der Waals surface area (Å²) in [7, 11) is 3.47. The number of aliphatic imine (C=N–C) groups is 1. The lowest BCUT2D eigenvalue weighted by Gasteiger charge is -2.27. The summed E-state index contributed by atoms with van der Waals surface area (Å²) < 4.78 is 19.4. The first-order valence-corrected chi connectivity index (χ1v) is 10.6. The molecular formula is C24H29FN4O3. The van der Waals surface area contributed by atoms with E-state index in [0.29, 0.717) is 37.2 Å². The minimum Gasteiger partial charge on any atom is -0.386 e. The van der Waals surface area contributed by atoms with Gasteiger partial charge in [-0.3, -0.25) is 14.6 Å². The quantitative estimate of drug-likeness (QED) is 0.456. The molecule has 1 aromatic rings. The molecule has 0 bridgehead atoms. The van der Waals surface area contributed by atoms with E-state index in [-0.39, 0.29) is 12.5 Å². The van der Waals surface area contributed by atoms with E-state index in [1.165, 1.54) is 6.08 Å². The normalized spacial score (nSPS) is 21.6. The van der Waals surface area contributed by atoms with E-state index in [4.69, 9.17) is 4.74 Å². The van der Waals surface area contributed by atoms with Gasteiger partial charge in [0.15, 0.2) is 6.23 Å². The largest absolute Gasteiger partial charge is 0.386 e. The van der Waals surface area contributed by atoms with Crippen LogP contribution in [0, 0.1) is 0 Å². The predicted octanol–water partition coefficient (Wildman–Crippen LogP) is 3.27. The molecule has 8 heteroatoms. The van der Waals surface area contributed by atoms with Crippen LogP contribution in [0.15, 0.2) is 58.6 Å². The van der Waals surface area contributed by atoms with Crippen molar-refractivity contribution in [1.82, 2.24) is 4.90 Å². The Morgan fingerprint density at radius 2 is 2.19 bits per heavy atom. The van der Waals surface area contributed by atoms with Crippen molar-refractivity contribution in [3.63, 3.8) is 0 Å². The number of anilines is 2. The van der Waals surface area contributed by atoms with Gasteiger partial charge in [0.2, 0.25) is 6.41 Å². The molecule has 2 aliphatic rings. The Morgan fingerprint density at radius 1 is 1.38 bits per heavy atom. The maximum atomic E-state index is 13.5. The third kappa shape index (κ3) is 5.13. The first kappa shape index (κ1) is 23.4. The number of nitrogens with zero attached hydrogens (tertiary/aromatic N) is 2. The van der Waals surface area contributed by atoms with E-state index in [0.717, 1.165) is 22.4 Å². The molecule has 2 unspecified atom stereocenters. The molecule has 1 saturated heterocycles. The smallest absolute Gasteiger partial charge is 0.250 e. The molecule has 0 aromatic heterocycles. The number of allylic oxidation sites excluding steroid dienone is 5. The first-order chi connectivity index (χ1) is 15.5. The summed E-state index contributed by atoms with van der Waals surface area (Å²) in [5.74, 6) is -0.0881. The molecule has 1 heterocycles. The van der Waals surface area contributed by atoms with Gasteiger partial charge in [-0.15, -0.1) is 0 Å². The second kappa shape index (κ2) is 10.9. The minimum absolute atomic E-state index is 0.00437. The zero-order valence-electron chi connectivity index (χ0n) is 18.6. The van der Waals surface area contributed by atoms with Crippen LogP contribution in [0.2, 0.25) is 0 Å². The Balaban J connectivity index is 1.77. The van der Waals surface area contributed by atoms with E-state index < -0.39 is 12.4 Å². The van der Waals surface area contributed by atoms with E-state index >= 15 is 0 Å². The Morgan fingerprint density at radius 3 is 2.81 bits per heavy atom. The number of carbonyl (C=O) groups is 2. The Bertz CT molecular complexity index is 983. The molecule has 1 aliphatic carbocycles. The van der Waals surface area contributed by atoms with Gasteiger partial charge in [0, 0.05) is 32.6 Å². The second-order valence-corrected chi connectivity index (χ2v) is 7.48. The number of nitrogens with one attached hydrogen (secondary N) is 2. The summed E-state index contributed by atoms with van der Waals surface area (Å²) in [4.78, 5) is 29.5. The molecule has 0 saturated carbocycles. The third-order valence-corrected chi connectivity index (χ3v) is 5.57. The van der Waals surface area contributed by atoms with Crippen LogP contribution in [0.5, 0.6) is 0 Å². The highest BCUT2D eigenvalue weighted by molar-refractivity contribution is 6.15. The van der Waals surface area contributed by atoms with E-state index in [1.54, 1.807) is 25.1 Å². The summed E-state index contributed by atoms with van der Waals surface area (Å²) in [5, 5.41) is 5.72. The van der Waals surface area contributed by atoms with Crippen LogP contribution >= 0.6 is 0 Å². The van der Waals surface area contributed by atoms with Gasteiger partial charge in [-0.2, -0.15) is 0 Å². The molecule has 2 N–H and O–H groups in total. The zero-order chi connectivity index (χ0) is 23.1. The number of hydrogen-bond donors (Lipinski definition) is 2. The highest BCUT2D eigenvalue weighted by Gasteiger charge is 2.36. The predicted molar refractivity (Wildman–Crippen MR) is 125 cm³/mol. The van der Waals surface area contributed by atoms with Gasteiger partial charge in [-0.25, -0.2) is 4.39 Å². The van der Waals surface area contributed by atoms with Crippen LogP contribution in [0.4, 0.5) is 15.8 Å². The van der Waals surface area contributed by atoms with Crippen molar-refractivity contribution in [3.05, 3.63) is 59.2 Å². The average Bonchev–Trinajstić information content (AvgIpc) is 3.17. The SMILES string of the molecule is C/C=C(\C(=NC)C1=CCC(F)C=C1)C1OCC(=O)N1CCc1ccc(NC=O)c(NC)c1. The lowest BCUT2D eigenvalue weighted by Crippen LogP contribution is -2.39. The Hall–Kier alpha value is -3.26. The fourth-order valence-electron chi connectivity index (χ4n) is 3.94. The summed E-state index contributed by atoms with van der Waals surface area (Å²) in [6, 6.07) is 5.70. The first-order valence-electron chi connectivity index (χ1n) is 10.6. The summed E-state index contributed by atoms with van der Waals surface area (Å²) >= 11 is 0. The van der Waals surface area contributed by atoms with Crippen molar-refractivity contribution < 1.29 is 18.7 Å². The van der Waals surface area contributed by atoms with Crippen molar-refractivity contribution >= 4 is 29.4 Å². The van der Waals surface area contributed by atoms with Gasteiger partial charge in [0.25, 0.3) is 5.91 Å². The molecule has 0 spiro atoms. The summed E-state index contributed by atoms with van der Waals surface area (Å²) in [5.41, 5.74) is 4.81. The van der Waals surface area contributed by atoms with Crippen LogP contribution in [-0.2, 0) is 20.7 Å². The number of hydrogen-bond acceptors (Lipinski definition) is 5. The molecule has 32 heavy (non-hydrogen) atoms. The molecule has 2 atom stereocenters. The molecule has 170 valence electrons. The third-order valence-electron chi connectivity index (χ3n) is 5.57. The molecule has 1 aliphatic heterocycles. The zero-order valence-corrected chi connectivity index (χ0v) is 18.6. The number of rotatable bonds is 9. The van der Waals surface area contributed by atoms with Gasteiger partial charge < -0.3 is 20.3 Å². The maximum Gasteiger partial charge on any atom is 0.250 e. The van der Waals surface area contributed by atoms with Gasteiger partial charge in [-0.05, 0) is 42.7 Å². The fourth-order valence-corrected chi connectivity index (χ4v) is 3.94. The van der Waals surface area contributed by atoms with E-state index in [1.807, 2.05) is 37.3 Å². The fraction of sp³-hybridized carbons (Fsp3) is 0.375. The summed E-state index contributed by atoms with van der Waals surface area (Å²) in [6.45, 7) is 2.35. The van der Waals surface area contributed by atoms with Crippen molar-refractivity contribution in [2.75, 3.05) is 37.9 Å². The average molecular weight is 441 g/mol. The Labute approximate surface area is 187 Å². The van der Waals surface area contributed by atoms with Crippen LogP contribution in [0.1, 0.15) is 18.9 Å². The van der Waals surface area contributed by atoms with Gasteiger partial charge >= 0.3 is 0 Å². The molecule has 7 nitrogen and oxygen atoms in total. The molecule has 1 fully saturated rings. The lowest BCUT2D eigenvalue weighted by molar-refractivity contribution is -0.127. The number of benzene rings is 1. The highest BCUT2D eigenvalue weighted by Crippen LogP contribution is 2.27. The standard InChI is InChI=1S/C24H29FN4O3/c1-4-19(23(27-3)17-6-8-18(25)9-7-17)24-29(22(31)14-32-24)12-11-16-5-10-20(28-15-30)21(13-16)26-2/h4-8,10,13,15,18,24,26H,9,11-12,14H2,1-3H3,(H,28,30)/b19-4+,27-23?. The monoisotopic (exact) mass is 440 g/mol. The van der Waals surface area contributed by atoms with Gasteiger partial charge in [0.05, 0.1) is 17.1 Å². The lowest BCUT2D eigenvalue weighted by atomic mass is 9.95. The Kier molecular flexibility index (Phi) is 7.94. The number of amides is 2. The van der Waals surface area contributed by atoms with Crippen LogP contribution < -0.4 is 10.6 Å². The topological polar surface area (TPSA) is 83.0 Å². The maximum absolute atomic E-state index is 13.5. The van der Waals surface area contributed by atoms with Gasteiger partial charge in [-0.1, -0.05) is 24.3 Å². The molecule has 3 rings (SSSR count). The van der Waals surface area contributed by atoms with Crippen molar-refractivity contribution in [3.8, 4) is 0 Å². The van der Waals surface area contributed by atoms with Crippen molar-refractivity contribution in [2.24, 2.45) is 4.99 Å². The van der Waals surface area contributed by atoms with E-state index in [2.05, 4.69) is 15.6 Å². The van der Waals surface area contributed by atoms with Crippen molar-refractivity contribution in [2.45, 2.75) is 32.2 Å². The number of carbonyl (C=O) groups excluding carboxylic acids is 2. The molecule has 1 aromatic carbocycles. The van der Waals surface area contributed by atoms with Crippen LogP contribution in [-0.4, -0.2) is 62.6 Å². The highest BCUT2D eigenvalue weighted by atomic mass is 19.1. The molecule has 0 radical (unpaired) electrons. The van der Waals surface area contributed by atoms with Crippen LogP contribution in [0.3, 0.4) is 0 Å². The number of ether oxygens (including phenoxy) is 1.